The van der Waals surface area contributed by atoms with Crippen LogP contribution in [0.5, 0.6) is 5.88 Å². The number of pyridine rings is 1. The number of aromatic nitrogens is 3. The molecule has 0 aliphatic carbocycles. The highest BCUT2D eigenvalue weighted by molar-refractivity contribution is 5.94. The number of likely N-dealkylation sites (tertiary alicyclic amines) is 1. The standard InChI is InChI=1S/C25H31N7O2/c1-2-34-25-23(27)20(26)13-21(31-25)24(33)30-14-17-7-11-32(12-8-17)16-18-3-5-19(6-4-18)22-15-28-9-10-29-22/h3-6,9-10,13,15,17H,2,7-8,11-12,14,16,27H2,1H3,(H2,26,31)(H,30,33). The van der Waals surface area contributed by atoms with E-state index in [1.165, 1.54) is 11.6 Å². The predicted molar refractivity (Wildman–Crippen MR) is 132 cm³/mol. The van der Waals surface area contributed by atoms with E-state index in [1.807, 2.05) is 6.92 Å². The van der Waals surface area contributed by atoms with E-state index < -0.39 is 0 Å². The summed E-state index contributed by atoms with van der Waals surface area (Å²) in [6, 6.07) is 9.98. The van der Waals surface area contributed by atoms with Crippen LogP contribution in [0.1, 0.15) is 35.8 Å². The molecule has 178 valence electrons. The summed E-state index contributed by atoms with van der Waals surface area (Å²) in [5.74, 6) is 0.362. The van der Waals surface area contributed by atoms with Gasteiger partial charge in [0.1, 0.15) is 11.4 Å². The van der Waals surface area contributed by atoms with Gasteiger partial charge in [0.2, 0.25) is 5.88 Å². The highest BCUT2D eigenvalue weighted by Crippen LogP contribution is 2.26. The van der Waals surface area contributed by atoms with Crippen LogP contribution in [0.4, 0.5) is 11.4 Å². The Morgan fingerprint density at radius 3 is 2.62 bits per heavy atom. The van der Waals surface area contributed by atoms with Crippen LogP contribution in [0.15, 0.2) is 48.9 Å². The van der Waals surface area contributed by atoms with Crippen LogP contribution in [-0.2, 0) is 6.54 Å². The number of rotatable bonds is 8. The average molecular weight is 462 g/mol. The summed E-state index contributed by atoms with van der Waals surface area (Å²) in [4.78, 5) is 27.7. The number of hydrogen-bond acceptors (Lipinski definition) is 8. The van der Waals surface area contributed by atoms with E-state index >= 15 is 0 Å². The van der Waals surface area contributed by atoms with Crippen molar-refractivity contribution in [3.8, 4) is 17.1 Å². The third kappa shape index (κ3) is 5.79. The number of nitrogens with zero attached hydrogens (tertiary/aromatic N) is 4. The highest BCUT2D eigenvalue weighted by Gasteiger charge is 2.21. The third-order valence-electron chi connectivity index (χ3n) is 6.05. The number of carbonyl (C=O) groups is 1. The Hall–Kier alpha value is -3.72. The zero-order valence-electron chi connectivity index (χ0n) is 19.4. The van der Waals surface area contributed by atoms with Crippen LogP contribution >= 0.6 is 0 Å². The molecule has 1 saturated heterocycles. The van der Waals surface area contributed by atoms with Gasteiger partial charge in [0.25, 0.3) is 5.91 Å². The molecule has 9 heteroatoms. The van der Waals surface area contributed by atoms with E-state index in [-0.39, 0.29) is 23.2 Å². The Balaban J connectivity index is 1.24. The second-order valence-corrected chi connectivity index (χ2v) is 8.47. The van der Waals surface area contributed by atoms with Crippen molar-refractivity contribution >= 4 is 17.3 Å². The lowest BCUT2D eigenvalue weighted by Crippen LogP contribution is -2.38. The lowest BCUT2D eigenvalue weighted by Gasteiger charge is -2.32. The quantitative estimate of drug-likeness (QED) is 0.466. The Morgan fingerprint density at radius 2 is 1.94 bits per heavy atom. The molecule has 4 rings (SSSR count). The van der Waals surface area contributed by atoms with E-state index in [0.717, 1.165) is 43.7 Å². The smallest absolute Gasteiger partial charge is 0.270 e. The number of carbonyl (C=O) groups excluding carboxylic acids is 1. The first kappa shape index (κ1) is 23.4. The minimum atomic E-state index is -0.265. The topological polar surface area (TPSA) is 132 Å². The molecule has 0 saturated carbocycles. The first-order valence-electron chi connectivity index (χ1n) is 11.6. The molecule has 0 unspecified atom stereocenters. The predicted octanol–water partition coefficient (Wildman–Crippen LogP) is 2.74. The molecule has 2 aromatic heterocycles. The maximum atomic E-state index is 12.6. The molecule has 0 spiro atoms. The fourth-order valence-corrected chi connectivity index (χ4v) is 4.08. The van der Waals surface area contributed by atoms with Crippen LogP contribution in [0, 0.1) is 5.92 Å². The van der Waals surface area contributed by atoms with Crippen molar-refractivity contribution in [3.63, 3.8) is 0 Å². The number of nitrogen functional groups attached to an aromatic ring is 2. The van der Waals surface area contributed by atoms with Crippen LogP contribution in [0.3, 0.4) is 0 Å². The van der Waals surface area contributed by atoms with Gasteiger partial charge >= 0.3 is 0 Å². The summed E-state index contributed by atoms with van der Waals surface area (Å²) in [5, 5.41) is 2.99. The number of ether oxygens (including phenoxy) is 1. The number of nitrogens with one attached hydrogen (secondary N) is 1. The van der Waals surface area contributed by atoms with E-state index in [0.29, 0.717) is 24.8 Å². The molecule has 0 atom stereocenters. The van der Waals surface area contributed by atoms with Crippen LogP contribution in [0.2, 0.25) is 0 Å². The Labute approximate surface area is 199 Å². The van der Waals surface area contributed by atoms with Crippen LogP contribution in [-0.4, -0.2) is 52.0 Å². The highest BCUT2D eigenvalue weighted by atomic mass is 16.5. The van der Waals surface area contributed by atoms with Gasteiger partial charge in [-0.1, -0.05) is 24.3 Å². The Bertz CT molecular complexity index is 1100. The van der Waals surface area contributed by atoms with Gasteiger partial charge in [-0.25, -0.2) is 4.98 Å². The molecule has 0 radical (unpaired) electrons. The van der Waals surface area contributed by atoms with Crippen molar-refractivity contribution in [1.29, 1.82) is 0 Å². The molecule has 5 N–H and O–H groups in total. The Kier molecular flexibility index (Phi) is 7.54. The molecule has 1 aliphatic heterocycles. The fourth-order valence-electron chi connectivity index (χ4n) is 4.08. The molecule has 1 aliphatic rings. The maximum Gasteiger partial charge on any atom is 0.270 e. The lowest BCUT2D eigenvalue weighted by atomic mass is 9.96. The number of hydrogen-bond donors (Lipinski definition) is 3. The average Bonchev–Trinajstić information content (AvgIpc) is 2.87. The molecule has 1 aromatic carbocycles. The molecule has 0 bridgehead atoms. The summed E-state index contributed by atoms with van der Waals surface area (Å²) in [7, 11) is 0. The van der Waals surface area contributed by atoms with Gasteiger partial charge in [0.05, 0.1) is 24.2 Å². The van der Waals surface area contributed by atoms with E-state index in [1.54, 1.807) is 18.6 Å². The maximum absolute atomic E-state index is 12.6. The monoisotopic (exact) mass is 461 g/mol. The van der Waals surface area contributed by atoms with Gasteiger partial charge in [0.15, 0.2) is 0 Å². The zero-order valence-corrected chi connectivity index (χ0v) is 19.4. The lowest BCUT2D eigenvalue weighted by molar-refractivity contribution is 0.0929. The molecule has 9 nitrogen and oxygen atoms in total. The molecule has 3 aromatic rings. The van der Waals surface area contributed by atoms with E-state index in [9.17, 15) is 4.79 Å². The van der Waals surface area contributed by atoms with E-state index in [4.69, 9.17) is 16.2 Å². The van der Waals surface area contributed by atoms with Crippen molar-refractivity contribution in [3.05, 3.63) is 60.2 Å². The first-order chi connectivity index (χ1) is 16.5. The molecule has 1 fully saturated rings. The summed E-state index contributed by atoms with van der Waals surface area (Å²) in [6.45, 7) is 5.73. The van der Waals surface area contributed by atoms with Gasteiger partial charge in [-0.3, -0.25) is 19.7 Å². The minimum absolute atomic E-state index is 0.200. The largest absolute Gasteiger partial charge is 0.476 e. The number of benzene rings is 1. The molecule has 3 heterocycles. The molecule has 34 heavy (non-hydrogen) atoms. The summed E-state index contributed by atoms with van der Waals surface area (Å²) in [6.07, 6.45) is 7.21. The van der Waals surface area contributed by atoms with Gasteiger partial charge < -0.3 is 21.5 Å². The third-order valence-corrected chi connectivity index (χ3v) is 6.05. The number of anilines is 2. The fraction of sp³-hybridized carbons (Fsp3) is 0.360. The molecular formula is C25H31N7O2. The SMILES string of the molecule is CCOc1nc(C(=O)NCC2CCN(Cc3ccc(-c4cnccn4)cc3)CC2)cc(N)c1N. The van der Waals surface area contributed by atoms with Gasteiger partial charge in [0, 0.05) is 31.0 Å². The first-order valence-corrected chi connectivity index (χ1v) is 11.6. The van der Waals surface area contributed by atoms with Crippen molar-refractivity contribution in [1.82, 2.24) is 25.2 Å². The van der Waals surface area contributed by atoms with Gasteiger partial charge in [-0.15, -0.1) is 0 Å². The van der Waals surface area contributed by atoms with E-state index in [2.05, 4.69) is 49.4 Å². The summed E-state index contributed by atoms with van der Waals surface area (Å²) in [5.41, 5.74) is 15.8. The number of piperidine rings is 1. The van der Waals surface area contributed by atoms with Crippen molar-refractivity contribution < 1.29 is 9.53 Å². The molecular weight excluding hydrogens is 430 g/mol. The number of amides is 1. The second kappa shape index (κ2) is 10.9. The summed E-state index contributed by atoms with van der Waals surface area (Å²) >= 11 is 0. The zero-order chi connectivity index (χ0) is 23.9. The van der Waals surface area contributed by atoms with Crippen molar-refractivity contribution in [2.75, 3.05) is 37.7 Å². The number of nitrogens with two attached hydrogens (primary N) is 2. The van der Waals surface area contributed by atoms with Crippen molar-refractivity contribution in [2.24, 2.45) is 5.92 Å². The van der Waals surface area contributed by atoms with Crippen molar-refractivity contribution in [2.45, 2.75) is 26.3 Å². The summed E-state index contributed by atoms with van der Waals surface area (Å²) < 4.78 is 5.38. The Morgan fingerprint density at radius 1 is 1.18 bits per heavy atom. The van der Waals surface area contributed by atoms with Crippen LogP contribution < -0.4 is 21.5 Å². The minimum Gasteiger partial charge on any atom is -0.476 e. The normalized spacial score (nSPS) is 14.6. The van der Waals surface area contributed by atoms with Gasteiger partial charge in [-0.05, 0) is 50.4 Å². The molecule has 1 amide bonds. The van der Waals surface area contributed by atoms with Crippen LogP contribution in [0.25, 0.3) is 11.3 Å². The van der Waals surface area contributed by atoms with Gasteiger partial charge in [-0.2, -0.15) is 0 Å². The second-order valence-electron chi connectivity index (χ2n) is 8.47.